The molecule has 11 heteroatoms. The van der Waals surface area contributed by atoms with Gasteiger partial charge in [-0.15, -0.1) is 5.10 Å². The molecule has 0 saturated carbocycles. The highest BCUT2D eigenvalue weighted by Gasteiger charge is 2.29. The lowest BCUT2D eigenvalue weighted by molar-refractivity contribution is 0.0399. The zero-order chi connectivity index (χ0) is 28.3. The van der Waals surface area contributed by atoms with Gasteiger partial charge in [0.15, 0.2) is 5.82 Å². The molecule has 0 bridgehead atoms. The number of ether oxygens (including phenoxy) is 1. The molecule has 1 aliphatic rings. The van der Waals surface area contributed by atoms with E-state index in [2.05, 4.69) is 49.7 Å². The third-order valence-corrected chi connectivity index (χ3v) is 6.64. The number of hydrogen-bond acceptors (Lipinski definition) is 9. The summed E-state index contributed by atoms with van der Waals surface area (Å²) in [5, 5.41) is 19.0. The fourth-order valence-corrected chi connectivity index (χ4v) is 4.53. The minimum atomic E-state index is -0.481. The van der Waals surface area contributed by atoms with E-state index in [9.17, 15) is 4.79 Å². The van der Waals surface area contributed by atoms with Crippen LogP contribution in [0.2, 0.25) is 0 Å². The normalized spacial score (nSPS) is 14.3. The van der Waals surface area contributed by atoms with Gasteiger partial charge in [0.2, 0.25) is 0 Å². The molecular weight excluding hydrogens is 506 g/mol. The quantitative estimate of drug-likeness (QED) is 0.308. The van der Waals surface area contributed by atoms with Crippen LogP contribution in [0.25, 0.3) is 22.2 Å². The summed E-state index contributed by atoms with van der Waals surface area (Å²) >= 11 is 0. The van der Waals surface area contributed by atoms with E-state index in [0.717, 1.165) is 60.3 Å². The second-order valence-corrected chi connectivity index (χ2v) is 11.6. The number of nitrogens with one attached hydrogen (secondary N) is 2. The molecule has 0 aliphatic carbocycles. The predicted octanol–water partition coefficient (Wildman–Crippen LogP) is 4.75. The Kier molecular flexibility index (Phi) is 7.92. The van der Waals surface area contributed by atoms with Crippen LogP contribution in [0.5, 0.6) is 0 Å². The molecule has 210 valence electrons. The van der Waals surface area contributed by atoms with E-state index in [1.165, 1.54) is 0 Å². The summed E-state index contributed by atoms with van der Waals surface area (Å²) < 4.78 is 7.28. The number of aromatic nitrogens is 6. The number of carbonyl (C=O) groups excluding carboxylic acids is 1. The Morgan fingerprint density at radius 1 is 1.05 bits per heavy atom. The molecule has 4 aromatic heterocycles. The number of aryl methyl sites for hydroxylation is 1. The first kappa shape index (κ1) is 27.4. The molecule has 0 aromatic carbocycles. The molecule has 4 aromatic rings. The highest BCUT2D eigenvalue weighted by atomic mass is 16.6. The number of amides is 1. The summed E-state index contributed by atoms with van der Waals surface area (Å²) in [6.07, 6.45) is 8.16. The van der Waals surface area contributed by atoms with Gasteiger partial charge in [-0.3, -0.25) is 14.6 Å². The van der Waals surface area contributed by atoms with Gasteiger partial charge in [-0.05, 0) is 62.9 Å². The Hall–Kier alpha value is -4.12. The van der Waals surface area contributed by atoms with Gasteiger partial charge in [0.05, 0.1) is 29.5 Å². The molecule has 11 nitrogen and oxygen atoms in total. The van der Waals surface area contributed by atoms with E-state index in [1.54, 1.807) is 6.20 Å². The van der Waals surface area contributed by atoms with Gasteiger partial charge < -0.3 is 15.4 Å². The Morgan fingerprint density at radius 3 is 2.65 bits per heavy atom. The predicted molar refractivity (Wildman–Crippen MR) is 154 cm³/mol. The number of likely N-dealkylation sites (tertiary alicyclic amines) is 1. The van der Waals surface area contributed by atoms with Gasteiger partial charge in [-0.1, -0.05) is 13.8 Å². The van der Waals surface area contributed by atoms with Crippen LogP contribution in [0.1, 0.15) is 52.5 Å². The van der Waals surface area contributed by atoms with Crippen LogP contribution in [0.15, 0.2) is 49.1 Å². The van der Waals surface area contributed by atoms with Crippen LogP contribution >= 0.6 is 0 Å². The molecule has 40 heavy (non-hydrogen) atoms. The van der Waals surface area contributed by atoms with Crippen molar-refractivity contribution in [1.29, 1.82) is 0 Å². The van der Waals surface area contributed by atoms with Crippen molar-refractivity contribution >= 4 is 28.8 Å². The molecule has 1 amide bonds. The molecule has 0 unspecified atom stereocenters. The number of alkyl carbamates (subject to hydrolysis) is 1. The highest BCUT2D eigenvalue weighted by molar-refractivity contribution is 5.81. The van der Waals surface area contributed by atoms with E-state index < -0.39 is 5.60 Å². The molecule has 1 fully saturated rings. The Morgan fingerprint density at radius 2 is 1.88 bits per heavy atom. The number of carbonyl (C=O) groups is 1. The number of nitrogens with zero attached hydrogens (tertiary/aromatic N) is 7. The largest absolute Gasteiger partial charge is 0.444 e. The molecule has 5 heterocycles. The average molecular weight is 544 g/mol. The van der Waals surface area contributed by atoms with Crippen LogP contribution < -0.4 is 10.6 Å². The summed E-state index contributed by atoms with van der Waals surface area (Å²) in [7, 11) is 0. The van der Waals surface area contributed by atoms with E-state index in [-0.39, 0.29) is 12.1 Å². The van der Waals surface area contributed by atoms with Crippen molar-refractivity contribution in [2.45, 2.75) is 65.1 Å². The summed E-state index contributed by atoms with van der Waals surface area (Å²) in [5.74, 6) is 1.72. The molecule has 0 spiro atoms. The first-order valence-electron chi connectivity index (χ1n) is 13.7. The van der Waals surface area contributed by atoms with Crippen LogP contribution in [0, 0.1) is 0 Å². The second kappa shape index (κ2) is 11.5. The summed E-state index contributed by atoms with van der Waals surface area (Å²) in [6.45, 7) is 13.3. The van der Waals surface area contributed by atoms with Crippen LogP contribution in [-0.2, 0) is 11.3 Å². The number of anilines is 2. The van der Waals surface area contributed by atoms with Crippen molar-refractivity contribution in [2.75, 3.05) is 25.0 Å². The van der Waals surface area contributed by atoms with Gasteiger partial charge >= 0.3 is 6.09 Å². The average Bonchev–Trinajstić information content (AvgIpc) is 3.35. The lowest BCUT2D eigenvalue weighted by atomic mass is 10.1. The minimum absolute atomic E-state index is 0.147. The van der Waals surface area contributed by atoms with E-state index in [1.807, 2.05) is 68.3 Å². The zero-order valence-electron chi connectivity index (χ0n) is 23.8. The molecule has 1 aliphatic heterocycles. The fraction of sp³-hybridized carbons (Fsp3) is 0.448. The molecule has 1 saturated heterocycles. The van der Waals surface area contributed by atoms with Gasteiger partial charge in [0.25, 0.3) is 0 Å². The Balaban J connectivity index is 1.14. The molecule has 0 radical (unpaired) electrons. The van der Waals surface area contributed by atoms with Crippen molar-refractivity contribution in [3.05, 3.63) is 54.6 Å². The lowest BCUT2D eigenvalue weighted by Gasteiger charge is -2.39. The van der Waals surface area contributed by atoms with Gasteiger partial charge in [-0.25, -0.2) is 9.78 Å². The smallest absolute Gasteiger partial charge is 0.407 e. The van der Waals surface area contributed by atoms with Crippen LogP contribution in [0.3, 0.4) is 0 Å². The van der Waals surface area contributed by atoms with Crippen molar-refractivity contribution < 1.29 is 9.53 Å². The van der Waals surface area contributed by atoms with Crippen LogP contribution in [0.4, 0.5) is 16.4 Å². The summed E-state index contributed by atoms with van der Waals surface area (Å²) in [5.41, 5.74) is 4.20. The molecular formula is C29H37N9O2. The first-order chi connectivity index (χ1) is 19.1. The van der Waals surface area contributed by atoms with Crippen molar-refractivity contribution in [2.24, 2.45) is 0 Å². The minimum Gasteiger partial charge on any atom is -0.444 e. The van der Waals surface area contributed by atoms with E-state index >= 15 is 0 Å². The van der Waals surface area contributed by atoms with E-state index in [0.29, 0.717) is 17.6 Å². The third-order valence-electron chi connectivity index (χ3n) is 6.64. The van der Waals surface area contributed by atoms with Gasteiger partial charge in [0, 0.05) is 49.7 Å². The monoisotopic (exact) mass is 543 g/mol. The maximum absolute atomic E-state index is 11.9. The zero-order valence-corrected chi connectivity index (χ0v) is 23.8. The number of fused-ring (bicyclic) bond motifs is 1. The van der Waals surface area contributed by atoms with Gasteiger partial charge in [0.1, 0.15) is 11.4 Å². The first-order valence-corrected chi connectivity index (χ1v) is 13.7. The number of pyridine rings is 2. The SMILES string of the molecule is CC(C)c1cnnc(Nc2ccc3ncc(-c4cnn(CCCN5CC(NC(=O)OC(C)(C)C)C5)c4)cc3n2)c1. The molecule has 2 N–H and O–H groups in total. The lowest BCUT2D eigenvalue weighted by Crippen LogP contribution is -2.59. The van der Waals surface area contributed by atoms with Crippen molar-refractivity contribution in [1.82, 2.24) is 40.2 Å². The standard InChI is InChI=1S/C29H37N9O2/c1-19(2)20-12-27(36-31-14-20)35-26-8-7-24-25(34-26)11-21(13-30-24)22-15-32-38(16-22)10-6-9-37-17-23(18-37)33-28(39)40-29(3,4)5/h7-8,11-16,19,23H,6,9-10,17-18H2,1-5H3,(H,33,39)(H,34,35,36). The van der Waals surface area contributed by atoms with Gasteiger partial charge in [-0.2, -0.15) is 10.2 Å². The van der Waals surface area contributed by atoms with Crippen LogP contribution in [-0.4, -0.2) is 72.2 Å². The maximum atomic E-state index is 11.9. The fourth-order valence-electron chi connectivity index (χ4n) is 4.53. The third kappa shape index (κ3) is 7.09. The molecule has 0 atom stereocenters. The summed E-state index contributed by atoms with van der Waals surface area (Å²) in [6, 6.07) is 8.01. The summed E-state index contributed by atoms with van der Waals surface area (Å²) in [4.78, 5) is 23.6. The highest BCUT2D eigenvalue weighted by Crippen LogP contribution is 2.24. The Bertz CT molecular complexity index is 1470. The van der Waals surface area contributed by atoms with Crippen molar-refractivity contribution in [3.63, 3.8) is 0 Å². The number of hydrogen-bond donors (Lipinski definition) is 2. The van der Waals surface area contributed by atoms with E-state index in [4.69, 9.17) is 9.72 Å². The number of rotatable bonds is 9. The topological polar surface area (TPSA) is 123 Å². The second-order valence-electron chi connectivity index (χ2n) is 11.6. The maximum Gasteiger partial charge on any atom is 0.407 e. The Labute approximate surface area is 234 Å². The van der Waals surface area contributed by atoms with Crippen molar-refractivity contribution in [3.8, 4) is 11.1 Å². The molecule has 5 rings (SSSR count).